The number of primary amides is 1. The number of likely N-dealkylation sites (tertiary alicyclic amines) is 1. The molecule has 4 rings (SSSR count). The fraction of sp³-hybridized carbons (Fsp3) is 0.448. The van der Waals surface area contributed by atoms with Gasteiger partial charge in [0.05, 0.1) is 17.0 Å². The third-order valence-corrected chi connectivity index (χ3v) is 7.87. The molecule has 7 nitrogen and oxygen atoms in total. The Balaban J connectivity index is 1.58. The Hall–Kier alpha value is -3.48. The highest BCUT2D eigenvalue weighted by atomic mass is 16.2. The van der Waals surface area contributed by atoms with Gasteiger partial charge in [-0.1, -0.05) is 74.5 Å². The number of piperidine rings is 1. The Kier molecular flexibility index (Phi) is 7.29. The number of nitrogens with two attached hydrogens (primary N) is 1. The van der Waals surface area contributed by atoms with Crippen molar-refractivity contribution in [1.29, 1.82) is 0 Å². The van der Waals surface area contributed by atoms with Crippen molar-refractivity contribution >= 4 is 23.4 Å². The summed E-state index contributed by atoms with van der Waals surface area (Å²) >= 11 is 0. The summed E-state index contributed by atoms with van der Waals surface area (Å²) in [5.74, 6) is -1.26. The average Bonchev–Trinajstić information content (AvgIpc) is 3.11. The minimum atomic E-state index is -1.01. The van der Waals surface area contributed by atoms with Crippen LogP contribution in [0.4, 0.5) is 0 Å². The van der Waals surface area contributed by atoms with Gasteiger partial charge in [-0.05, 0) is 36.8 Å². The number of rotatable bonds is 9. The molecule has 3 amide bonds. The zero-order valence-corrected chi connectivity index (χ0v) is 21.4. The normalized spacial score (nSPS) is 20.6. The molecule has 2 heterocycles. The van der Waals surface area contributed by atoms with Crippen LogP contribution in [0.1, 0.15) is 44.2 Å². The number of aryl methyl sites for hydroxylation is 1. The van der Waals surface area contributed by atoms with Gasteiger partial charge in [0, 0.05) is 26.6 Å². The number of fused-ring (bicyclic) bond motifs is 1. The molecule has 2 atom stereocenters. The van der Waals surface area contributed by atoms with Gasteiger partial charge in [-0.15, -0.1) is 0 Å². The Labute approximate surface area is 213 Å². The Morgan fingerprint density at radius 2 is 1.67 bits per heavy atom. The van der Waals surface area contributed by atoms with Crippen LogP contribution in [0.3, 0.4) is 0 Å². The number of hydrogen-bond donors (Lipinski definition) is 1. The number of benzene rings is 2. The topological polar surface area (TPSA) is 96.1 Å². The van der Waals surface area contributed by atoms with Crippen molar-refractivity contribution in [1.82, 2.24) is 9.91 Å². The summed E-state index contributed by atoms with van der Waals surface area (Å²) in [7, 11) is 1.68. The lowest BCUT2D eigenvalue weighted by molar-refractivity contribution is -0.148. The predicted molar refractivity (Wildman–Crippen MR) is 140 cm³/mol. The van der Waals surface area contributed by atoms with Crippen LogP contribution < -0.4 is 5.73 Å². The lowest BCUT2D eigenvalue weighted by Crippen LogP contribution is -2.58. The summed E-state index contributed by atoms with van der Waals surface area (Å²) < 4.78 is 0. The van der Waals surface area contributed by atoms with Gasteiger partial charge in [0.2, 0.25) is 11.8 Å². The van der Waals surface area contributed by atoms with E-state index in [9.17, 15) is 14.4 Å². The monoisotopic (exact) mass is 488 g/mol. The van der Waals surface area contributed by atoms with E-state index in [1.807, 2.05) is 48.5 Å². The van der Waals surface area contributed by atoms with Crippen LogP contribution in [0.5, 0.6) is 0 Å². The van der Waals surface area contributed by atoms with E-state index in [-0.39, 0.29) is 18.4 Å². The molecule has 2 N–H and O–H groups in total. The van der Waals surface area contributed by atoms with Crippen molar-refractivity contribution in [3.05, 3.63) is 71.8 Å². The number of hydrogen-bond acceptors (Lipinski definition) is 4. The first-order valence-corrected chi connectivity index (χ1v) is 12.7. The molecule has 2 aliphatic heterocycles. The molecule has 2 aromatic rings. The molecule has 1 saturated heterocycles. The first kappa shape index (κ1) is 25.6. The Bertz CT molecular complexity index is 1150. The largest absolute Gasteiger partial charge is 0.369 e. The molecule has 2 aliphatic rings. The molecule has 190 valence electrons. The molecular formula is C29H36N4O3. The third kappa shape index (κ3) is 4.92. The minimum Gasteiger partial charge on any atom is -0.369 e. The maximum atomic E-state index is 14.0. The maximum absolute atomic E-state index is 14.0. The van der Waals surface area contributed by atoms with Gasteiger partial charge in [0.15, 0.2) is 0 Å². The van der Waals surface area contributed by atoms with E-state index in [1.165, 1.54) is 10.6 Å². The molecule has 0 radical (unpaired) electrons. The van der Waals surface area contributed by atoms with Crippen LogP contribution >= 0.6 is 0 Å². The fourth-order valence-electron chi connectivity index (χ4n) is 5.56. The standard InChI is InChI=1S/C29H36N4O3/c1-28(2,26(30)35)23(16-10-15-21-11-6-4-7-12-21)25(34)33-18-17-24-29(20-33,27(36)32(3)31-24)19-22-13-8-5-9-14-22/h4-9,11-14,23H,10,15-20H2,1-3H3,(H2,30,35)/t23-,29+/m0/s1. The van der Waals surface area contributed by atoms with Gasteiger partial charge in [0.25, 0.3) is 5.91 Å². The molecule has 0 spiro atoms. The van der Waals surface area contributed by atoms with Gasteiger partial charge < -0.3 is 10.6 Å². The van der Waals surface area contributed by atoms with Crippen LogP contribution in [0.15, 0.2) is 65.8 Å². The molecule has 1 fully saturated rings. The van der Waals surface area contributed by atoms with Crippen molar-refractivity contribution in [2.45, 2.75) is 46.0 Å². The Morgan fingerprint density at radius 1 is 1.06 bits per heavy atom. The van der Waals surface area contributed by atoms with Crippen molar-refractivity contribution in [2.24, 2.45) is 27.6 Å². The summed E-state index contributed by atoms with van der Waals surface area (Å²) in [5, 5.41) is 5.96. The van der Waals surface area contributed by atoms with E-state index in [1.54, 1.807) is 25.8 Å². The molecule has 0 aromatic heterocycles. The van der Waals surface area contributed by atoms with E-state index in [4.69, 9.17) is 5.73 Å². The lowest BCUT2D eigenvalue weighted by atomic mass is 9.71. The second kappa shape index (κ2) is 10.2. The molecule has 7 heteroatoms. The Morgan fingerprint density at radius 3 is 2.28 bits per heavy atom. The summed E-state index contributed by atoms with van der Waals surface area (Å²) in [5.41, 5.74) is 6.95. The SMILES string of the molecule is CN1N=C2CCN(C(=O)[C@H](CCCc3ccccc3)C(C)(C)C(N)=O)C[C@@]2(Cc2ccccc2)C1=O. The molecule has 0 aliphatic carbocycles. The summed E-state index contributed by atoms with van der Waals surface area (Å²) in [6.07, 6.45) is 3.13. The predicted octanol–water partition coefficient (Wildman–Crippen LogP) is 3.43. The molecule has 0 unspecified atom stereocenters. The maximum Gasteiger partial charge on any atom is 0.256 e. The van der Waals surface area contributed by atoms with Gasteiger partial charge >= 0.3 is 0 Å². The molecular weight excluding hydrogens is 452 g/mol. The van der Waals surface area contributed by atoms with Crippen molar-refractivity contribution in [3.63, 3.8) is 0 Å². The van der Waals surface area contributed by atoms with E-state index in [0.29, 0.717) is 25.8 Å². The van der Waals surface area contributed by atoms with Crippen LogP contribution in [-0.2, 0) is 27.2 Å². The smallest absolute Gasteiger partial charge is 0.256 e. The fourth-order valence-corrected chi connectivity index (χ4v) is 5.56. The molecule has 0 bridgehead atoms. The number of amides is 3. The zero-order chi connectivity index (χ0) is 25.9. The number of hydrazone groups is 1. The summed E-state index contributed by atoms with van der Waals surface area (Å²) in [4.78, 5) is 41.7. The summed E-state index contributed by atoms with van der Waals surface area (Å²) in [6, 6.07) is 20.0. The van der Waals surface area contributed by atoms with E-state index >= 15 is 0 Å². The summed E-state index contributed by atoms with van der Waals surface area (Å²) in [6.45, 7) is 4.24. The molecule has 36 heavy (non-hydrogen) atoms. The van der Waals surface area contributed by atoms with E-state index in [0.717, 1.165) is 24.1 Å². The third-order valence-electron chi connectivity index (χ3n) is 7.87. The lowest BCUT2D eigenvalue weighted by Gasteiger charge is -2.42. The van der Waals surface area contributed by atoms with E-state index < -0.39 is 22.7 Å². The van der Waals surface area contributed by atoms with E-state index in [2.05, 4.69) is 17.2 Å². The quantitative estimate of drug-likeness (QED) is 0.586. The number of carbonyl (C=O) groups excluding carboxylic acids is 3. The first-order chi connectivity index (χ1) is 17.1. The first-order valence-electron chi connectivity index (χ1n) is 12.7. The number of nitrogens with zero attached hydrogens (tertiary/aromatic N) is 3. The second-order valence-corrected chi connectivity index (χ2v) is 10.6. The van der Waals surface area contributed by atoms with Crippen molar-refractivity contribution in [2.75, 3.05) is 20.1 Å². The van der Waals surface area contributed by atoms with Gasteiger partial charge in [-0.25, -0.2) is 5.01 Å². The van der Waals surface area contributed by atoms with Crippen LogP contribution in [0, 0.1) is 16.7 Å². The minimum absolute atomic E-state index is 0.0892. The average molecular weight is 489 g/mol. The zero-order valence-electron chi connectivity index (χ0n) is 21.4. The van der Waals surface area contributed by atoms with Crippen LogP contribution in [-0.4, -0.2) is 53.5 Å². The van der Waals surface area contributed by atoms with Crippen molar-refractivity contribution < 1.29 is 14.4 Å². The van der Waals surface area contributed by atoms with Gasteiger partial charge in [-0.2, -0.15) is 5.10 Å². The van der Waals surface area contributed by atoms with Crippen LogP contribution in [0.2, 0.25) is 0 Å². The molecule has 2 aromatic carbocycles. The van der Waals surface area contributed by atoms with Gasteiger partial charge in [-0.3, -0.25) is 14.4 Å². The highest BCUT2D eigenvalue weighted by Crippen LogP contribution is 2.40. The van der Waals surface area contributed by atoms with Crippen molar-refractivity contribution in [3.8, 4) is 0 Å². The van der Waals surface area contributed by atoms with Gasteiger partial charge in [0.1, 0.15) is 5.41 Å². The highest BCUT2D eigenvalue weighted by Gasteiger charge is 2.54. The number of carbonyl (C=O) groups is 3. The molecule has 0 saturated carbocycles. The second-order valence-electron chi connectivity index (χ2n) is 10.6. The van der Waals surface area contributed by atoms with Crippen LogP contribution in [0.25, 0.3) is 0 Å². The highest BCUT2D eigenvalue weighted by molar-refractivity contribution is 6.13.